The van der Waals surface area contributed by atoms with Crippen LogP contribution < -0.4 is 16.5 Å². The van der Waals surface area contributed by atoms with Crippen LogP contribution in [0.25, 0.3) is 22.0 Å². The van der Waals surface area contributed by atoms with Crippen molar-refractivity contribution in [2.75, 3.05) is 47.0 Å². The standard InChI is InChI=1S/C42H62N6O7/c1-10-12-16-28-35(43)37(53-8)34(42(6,7)25-49)33-29-22-26(18-19-32(29)47(11-2)36(28)33)27-15-13-20-46(23-27)24-31(44-40(52)55-41(3,4)5)38(50)48-21-14-17-30(45-48)39(51)54-9/h12,15-16,18-19,22,30-31,34,37,45,49H,10-11,13-14,17,20-21,23-25,43H2,1-9H3,(H,44,52)/b16-12-/t30-,31?,34?,37-/m0/s1. The molecule has 2 amide bonds. The summed E-state index contributed by atoms with van der Waals surface area (Å²) in [5.41, 5.74) is 15.7. The van der Waals surface area contributed by atoms with Crippen molar-refractivity contribution >= 4 is 40.0 Å². The number of hydrogen-bond donors (Lipinski definition) is 4. The number of aliphatic hydroxyl groups is 1. The lowest BCUT2D eigenvalue weighted by Gasteiger charge is -2.42. The van der Waals surface area contributed by atoms with Gasteiger partial charge < -0.3 is 34.9 Å². The first kappa shape index (κ1) is 42.0. The van der Waals surface area contributed by atoms with Gasteiger partial charge in [0.25, 0.3) is 5.91 Å². The molecule has 55 heavy (non-hydrogen) atoms. The predicted octanol–water partition coefficient (Wildman–Crippen LogP) is 5.08. The van der Waals surface area contributed by atoms with Gasteiger partial charge in [0.2, 0.25) is 0 Å². The normalized spacial score (nSPS) is 21.7. The van der Waals surface area contributed by atoms with Gasteiger partial charge in [-0.3, -0.25) is 19.5 Å². The number of hydrazine groups is 1. The lowest BCUT2D eigenvalue weighted by Crippen LogP contribution is -2.62. The Hall–Kier alpha value is -4.17. The molecule has 3 aliphatic rings. The molecule has 0 radical (unpaired) electrons. The molecule has 1 aromatic heterocycles. The summed E-state index contributed by atoms with van der Waals surface area (Å²) in [4.78, 5) is 41.6. The first-order valence-electron chi connectivity index (χ1n) is 19.6. The molecule has 2 aromatic rings. The van der Waals surface area contributed by atoms with Crippen molar-refractivity contribution in [2.24, 2.45) is 11.1 Å². The van der Waals surface area contributed by atoms with E-state index >= 15 is 0 Å². The minimum absolute atomic E-state index is 0.0451. The summed E-state index contributed by atoms with van der Waals surface area (Å²) in [6.45, 7) is 16.2. The Labute approximate surface area is 325 Å². The molecule has 0 saturated carbocycles. The molecule has 4 atom stereocenters. The third kappa shape index (κ3) is 8.95. The Morgan fingerprint density at radius 2 is 1.87 bits per heavy atom. The third-order valence-corrected chi connectivity index (χ3v) is 10.9. The van der Waals surface area contributed by atoms with E-state index in [1.165, 1.54) is 12.1 Å². The fourth-order valence-corrected chi connectivity index (χ4v) is 8.22. The number of aromatic nitrogens is 1. The topological polar surface area (TPSA) is 161 Å². The van der Waals surface area contributed by atoms with E-state index in [4.69, 9.17) is 19.9 Å². The van der Waals surface area contributed by atoms with Crippen molar-refractivity contribution in [1.82, 2.24) is 25.2 Å². The number of ether oxygens (including phenoxy) is 3. The van der Waals surface area contributed by atoms with Gasteiger partial charge in [0.1, 0.15) is 23.8 Å². The van der Waals surface area contributed by atoms with Crippen LogP contribution in [-0.2, 0) is 30.3 Å². The Balaban J connectivity index is 1.50. The number of benzene rings is 1. The molecule has 13 heteroatoms. The number of fused-ring (bicyclic) bond motifs is 3. The number of aliphatic hydroxyl groups excluding tert-OH is 1. The summed E-state index contributed by atoms with van der Waals surface area (Å²) in [5.74, 6) is -1.01. The Kier molecular flexibility index (Phi) is 13.2. The number of nitrogens with two attached hydrogens (primary N) is 1. The minimum Gasteiger partial charge on any atom is -0.468 e. The smallest absolute Gasteiger partial charge is 0.408 e. The van der Waals surface area contributed by atoms with E-state index in [2.05, 4.69) is 84.3 Å². The van der Waals surface area contributed by atoms with E-state index in [0.29, 0.717) is 38.2 Å². The first-order chi connectivity index (χ1) is 26.1. The van der Waals surface area contributed by atoms with Gasteiger partial charge >= 0.3 is 12.1 Å². The quantitative estimate of drug-likeness (QED) is 0.215. The number of allylic oxidation sites excluding steroid dienone is 3. The van der Waals surface area contributed by atoms with Crippen LogP contribution in [0.15, 0.2) is 42.1 Å². The SMILES string of the molecule is CC/C=C\C1=C(N)[C@@H](OC)C(C(C)(C)CO)c2c1n(CC)c1ccc(C3=CCCN(CC(NC(=O)OC(C)(C)C)C(=O)N4CCC[C@@H](C(=O)OC)N4)C3)cc21. The molecule has 13 nitrogen and oxygen atoms in total. The molecular formula is C42H62N6O7. The lowest BCUT2D eigenvalue weighted by molar-refractivity contribution is -0.150. The van der Waals surface area contributed by atoms with E-state index in [1.807, 2.05) is 0 Å². The fraction of sp³-hybridized carbons (Fsp3) is 0.595. The molecule has 2 aliphatic heterocycles. The molecule has 2 unspecified atom stereocenters. The van der Waals surface area contributed by atoms with E-state index in [1.54, 1.807) is 27.9 Å². The number of hydrogen-bond acceptors (Lipinski definition) is 10. The Morgan fingerprint density at radius 1 is 1.13 bits per heavy atom. The molecule has 5 rings (SSSR count). The number of nitrogens with zero attached hydrogens (tertiary/aromatic N) is 3. The molecular weight excluding hydrogens is 700 g/mol. The van der Waals surface area contributed by atoms with Crippen molar-refractivity contribution < 1.29 is 33.7 Å². The number of methoxy groups -OCH3 is 2. The average molecular weight is 763 g/mol. The van der Waals surface area contributed by atoms with Crippen molar-refractivity contribution in [3.05, 3.63) is 58.9 Å². The van der Waals surface area contributed by atoms with Crippen LogP contribution >= 0.6 is 0 Å². The van der Waals surface area contributed by atoms with Gasteiger partial charge in [-0.2, -0.15) is 0 Å². The van der Waals surface area contributed by atoms with Crippen molar-refractivity contribution in [3.63, 3.8) is 0 Å². The van der Waals surface area contributed by atoms with Gasteiger partial charge in [0.15, 0.2) is 0 Å². The van der Waals surface area contributed by atoms with E-state index in [-0.39, 0.29) is 25.0 Å². The molecule has 0 spiro atoms. The van der Waals surface area contributed by atoms with Crippen LogP contribution in [0.3, 0.4) is 0 Å². The van der Waals surface area contributed by atoms with Gasteiger partial charge in [0.05, 0.1) is 12.8 Å². The van der Waals surface area contributed by atoms with Crippen molar-refractivity contribution in [2.45, 2.75) is 110 Å². The second-order valence-electron chi connectivity index (χ2n) is 16.5. The summed E-state index contributed by atoms with van der Waals surface area (Å²) >= 11 is 0. The summed E-state index contributed by atoms with van der Waals surface area (Å²) in [6.07, 6.45) is 8.11. The predicted molar refractivity (Wildman–Crippen MR) is 215 cm³/mol. The molecule has 1 saturated heterocycles. The highest BCUT2D eigenvalue weighted by molar-refractivity contribution is 5.97. The average Bonchev–Trinajstić information content (AvgIpc) is 3.48. The number of rotatable bonds is 12. The van der Waals surface area contributed by atoms with E-state index in [0.717, 1.165) is 58.3 Å². The molecule has 302 valence electrons. The van der Waals surface area contributed by atoms with Crippen LogP contribution in [0, 0.1) is 5.41 Å². The van der Waals surface area contributed by atoms with Crippen LogP contribution in [0.2, 0.25) is 0 Å². The number of esters is 1. The number of amides is 2. The zero-order chi connectivity index (χ0) is 40.2. The number of carbonyl (C=O) groups is 3. The monoisotopic (exact) mass is 762 g/mol. The fourth-order valence-electron chi connectivity index (χ4n) is 8.22. The zero-order valence-electron chi connectivity index (χ0n) is 34.2. The number of aryl methyl sites for hydroxylation is 1. The maximum absolute atomic E-state index is 14.0. The lowest BCUT2D eigenvalue weighted by atomic mass is 9.67. The molecule has 1 aliphatic carbocycles. The second kappa shape index (κ2) is 17.3. The van der Waals surface area contributed by atoms with Crippen LogP contribution in [0.1, 0.15) is 96.9 Å². The second-order valence-corrected chi connectivity index (χ2v) is 16.5. The largest absolute Gasteiger partial charge is 0.468 e. The zero-order valence-corrected chi connectivity index (χ0v) is 34.2. The molecule has 0 bridgehead atoms. The van der Waals surface area contributed by atoms with Crippen molar-refractivity contribution in [3.8, 4) is 0 Å². The highest BCUT2D eigenvalue weighted by Gasteiger charge is 2.46. The minimum atomic E-state index is -0.939. The molecule has 3 heterocycles. The number of nitrogens with one attached hydrogen (secondary N) is 2. The summed E-state index contributed by atoms with van der Waals surface area (Å²) in [5, 5.41) is 16.1. The molecule has 5 N–H and O–H groups in total. The first-order valence-corrected chi connectivity index (χ1v) is 19.6. The van der Waals surface area contributed by atoms with Gasteiger partial charge in [0, 0.05) is 74.5 Å². The molecule has 1 aromatic carbocycles. The highest BCUT2D eigenvalue weighted by atomic mass is 16.6. The third-order valence-electron chi connectivity index (χ3n) is 10.9. The number of carbonyl (C=O) groups excluding carboxylic acids is 3. The van der Waals surface area contributed by atoms with Crippen LogP contribution in [0.4, 0.5) is 4.79 Å². The summed E-state index contributed by atoms with van der Waals surface area (Å²) in [7, 11) is 3.01. The number of alkyl carbamates (subject to hydrolysis) is 1. The maximum Gasteiger partial charge on any atom is 0.408 e. The molecule has 1 fully saturated rings. The van der Waals surface area contributed by atoms with Crippen LogP contribution in [0.5, 0.6) is 0 Å². The Bertz CT molecular complexity index is 1840. The van der Waals surface area contributed by atoms with Gasteiger partial charge in [-0.05, 0) is 87.6 Å². The Morgan fingerprint density at radius 3 is 2.51 bits per heavy atom. The van der Waals surface area contributed by atoms with E-state index < -0.39 is 41.3 Å². The summed E-state index contributed by atoms with van der Waals surface area (Å²) in [6, 6.07) is 4.98. The van der Waals surface area contributed by atoms with Crippen LogP contribution in [-0.4, -0.2) is 108 Å². The van der Waals surface area contributed by atoms with Crippen molar-refractivity contribution in [1.29, 1.82) is 0 Å². The van der Waals surface area contributed by atoms with Gasteiger partial charge in [-0.25, -0.2) is 10.2 Å². The summed E-state index contributed by atoms with van der Waals surface area (Å²) < 4.78 is 19.0. The van der Waals surface area contributed by atoms with Gasteiger partial charge in [-0.15, -0.1) is 0 Å². The highest BCUT2D eigenvalue weighted by Crippen LogP contribution is 2.51. The maximum atomic E-state index is 14.0. The van der Waals surface area contributed by atoms with E-state index in [9.17, 15) is 19.5 Å². The van der Waals surface area contributed by atoms with Gasteiger partial charge in [-0.1, -0.05) is 45.1 Å².